The molecule has 2 N–H and O–H groups in total. The zero-order chi connectivity index (χ0) is 11.3. The maximum absolute atomic E-state index is 11.8. The molecule has 0 bridgehead atoms. The second-order valence-electron chi connectivity index (χ2n) is 3.70. The van der Waals surface area contributed by atoms with Gasteiger partial charge in [-0.15, -0.1) is 0 Å². The van der Waals surface area contributed by atoms with Crippen LogP contribution >= 0.6 is 0 Å². The van der Waals surface area contributed by atoms with Crippen LogP contribution in [0.1, 0.15) is 43.5 Å². The Labute approximate surface area is 90.5 Å². The highest BCUT2D eigenvalue weighted by Crippen LogP contribution is 2.06. The summed E-state index contributed by atoms with van der Waals surface area (Å²) in [7, 11) is 0. The highest BCUT2D eigenvalue weighted by Gasteiger charge is 2.16. The molecule has 0 aromatic carbocycles. The van der Waals surface area contributed by atoms with Gasteiger partial charge in [-0.1, -0.05) is 19.8 Å². The molecule has 15 heavy (non-hydrogen) atoms. The zero-order valence-electron chi connectivity index (χ0n) is 9.44. The quantitative estimate of drug-likeness (QED) is 0.724. The van der Waals surface area contributed by atoms with Crippen molar-refractivity contribution in [3.63, 3.8) is 0 Å². The number of nitrogens with two attached hydrogens (primary N) is 1. The van der Waals surface area contributed by atoms with Crippen LogP contribution in [-0.2, 0) is 6.54 Å². The van der Waals surface area contributed by atoms with Gasteiger partial charge in [0.2, 0.25) is 0 Å². The number of aryl methyl sites for hydroxylation is 1. The largest absolute Gasteiger partial charge is 0.321 e. The van der Waals surface area contributed by atoms with Crippen molar-refractivity contribution in [2.45, 2.75) is 45.7 Å². The maximum Gasteiger partial charge on any atom is 0.182 e. The number of hydrogen-bond donors (Lipinski definition) is 1. The van der Waals surface area contributed by atoms with Crippen molar-refractivity contribution in [3.05, 3.63) is 18.0 Å². The zero-order valence-corrected chi connectivity index (χ0v) is 9.44. The van der Waals surface area contributed by atoms with Crippen LogP contribution in [0.25, 0.3) is 0 Å². The molecule has 4 nitrogen and oxygen atoms in total. The van der Waals surface area contributed by atoms with Gasteiger partial charge in [-0.2, -0.15) is 5.10 Å². The number of rotatable bonds is 6. The first-order valence-electron chi connectivity index (χ1n) is 5.51. The summed E-state index contributed by atoms with van der Waals surface area (Å²) in [5.41, 5.74) is 6.42. The molecule has 0 amide bonds. The average Bonchev–Trinajstić information content (AvgIpc) is 2.73. The Balaban J connectivity index is 2.59. The van der Waals surface area contributed by atoms with E-state index in [2.05, 4.69) is 12.0 Å². The molecule has 1 aromatic heterocycles. The van der Waals surface area contributed by atoms with Crippen molar-refractivity contribution in [1.82, 2.24) is 9.78 Å². The van der Waals surface area contributed by atoms with Crippen molar-refractivity contribution in [3.8, 4) is 0 Å². The molecular formula is C11H19N3O. The van der Waals surface area contributed by atoms with Crippen LogP contribution in [0.5, 0.6) is 0 Å². The number of unbranched alkanes of at least 4 members (excludes halogenated alkanes) is 1. The van der Waals surface area contributed by atoms with Gasteiger partial charge in [0.15, 0.2) is 5.78 Å². The summed E-state index contributed by atoms with van der Waals surface area (Å²) >= 11 is 0. The molecule has 84 valence electrons. The number of ketones is 1. The standard InChI is InChI=1S/C11H19N3O/c1-3-5-6-10(12)11(15)9-7-13-14(4-2)8-9/h7-8,10H,3-6,12H2,1-2H3. The van der Waals surface area contributed by atoms with E-state index in [-0.39, 0.29) is 11.8 Å². The van der Waals surface area contributed by atoms with E-state index in [9.17, 15) is 4.79 Å². The number of Topliss-reactive ketones (excluding diaryl/α,β-unsaturated/α-hetero) is 1. The third kappa shape index (κ3) is 3.16. The molecule has 0 radical (unpaired) electrons. The molecule has 4 heteroatoms. The van der Waals surface area contributed by atoms with E-state index >= 15 is 0 Å². The molecule has 0 aliphatic carbocycles. The van der Waals surface area contributed by atoms with Gasteiger partial charge in [-0.3, -0.25) is 9.48 Å². The minimum atomic E-state index is -0.376. The van der Waals surface area contributed by atoms with Crippen molar-refractivity contribution in [2.24, 2.45) is 5.73 Å². The minimum absolute atomic E-state index is 0.00292. The van der Waals surface area contributed by atoms with Gasteiger partial charge in [-0.25, -0.2) is 0 Å². The van der Waals surface area contributed by atoms with Gasteiger partial charge < -0.3 is 5.73 Å². The van der Waals surface area contributed by atoms with E-state index in [0.717, 1.165) is 25.8 Å². The predicted molar refractivity (Wildman–Crippen MR) is 59.7 cm³/mol. The van der Waals surface area contributed by atoms with E-state index in [1.165, 1.54) is 0 Å². The van der Waals surface area contributed by atoms with Crippen molar-refractivity contribution >= 4 is 5.78 Å². The summed E-state index contributed by atoms with van der Waals surface area (Å²) in [4.78, 5) is 11.8. The lowest BCUT2D eigenvalue weighted by Gasteiger charge is -2.07. The number of hydrogen-bond acceptors (Lipinski definition) is 3. The lowest BCUT2D eigenvalue weighted by Crippen LogP contribution is -2.30. The number of carbonyl (C=O) groups is 1. The van der Waals surface area contributed by atoms with Gasteiger partial charge in [-0.05, 0) is 13.3 Å². The van der Waals surface area contributed by atoms with E-state index < -0.39 is 0 Å². The SMILES string of the molecule is CCCCC(N)C(=O)c1cnn(CC)c1. The molecule has 0 spiro atoms. The van der Waals surface area contributed by atoms with Gasteiger partial charge in [0, 0.05) is 12.7 Å². The fraction of sp³-hybridized carbons (Fsp3) is 0.636. The third-order valence-electron chi connectivity index (χ3n) is 2.45. The van der Waals surface area contributed by atoms with Crippen molar-refractivity contribution in [1.29, 1.82) is 0 Å². The van der Waals surface area contributed by atoms with Gasteiger partial charge in [0.25, 0.3) is 0 Å². The fourth-order valence-corrected chi connectivity index (χ4v) is 1.43. The summed E-state index contributed by atoms with van der Waals surface area (Å²) in [6, 6.07) is -0.376. The topological polar surface area (TPSA) is 60.9 Å². The molecule has 1 heterocycles. The smallest absolute Gasteiger partial charge is 0.182 e. The van der Waals surface area contributed by atoms with Gasteiger partial charge in [0.1, 0.15) is 0 Å². The van der Waals surface area contributed by atoms with Gasteiger partial charge in [0.05, 0.1) is 17.8 Å². The monoisotopic (exact) mass is 209 g/mol. The van der Waals surface area contributed by atoms with Crippen LogP contribution in [0.2, 0.25) is 0 Å². The number of nitrogens with zero attached hydrogens (tertiary/aromatic N) is 2. The van der Waals surface area contributed by atoms with Gasteiger partial charge >= 0.3 is 0 Å². The fourth-order valence-electron chi connectivity index (χ4n) is 1.43. The van der Waals surface area contributed by atoms with Crippen molar-refractivity contribution < 1.29 is 4.79 Å². The molecule has 0 fully saturated rings. The molecule has 1 rings (SSSR count). The summed E-state index contributed by atoms with van der Waals surface area (Å²) in [5, 5.41) is 4.06. The Morgan fingerprint density at radius 2 is 2.33 bits per heavy atom. The van der Waals surface area contributed by atoms with Crippen LogP contribution in [0.3, 0.4) is 0 Å². The summed E-state index contributed by atoms with van der Waals surface area (Å²) in [6.45, 7) is 4.85. The first-order valence-corrected chi connectivity index (χ1v) is 5.51. The Morgan fingerprint density at radius 3 is 2.87 bits per heavy atom. The molecule has 0 aliphatic heterocycles. The maximum atomic E-state index is 11.8. The molecule has 0 saturated carbocycles. The second kappa shape index (κ2) is 5.66. The van der Waals surface area contributed by atoms with Crippen LogP contribution in [0.4, 0.5) is 0 Å². The Morgan fingerprint density at radius 1 is 1.60 bits per heavy atom. The van der Waals surface area contributed by atoms with Crippen molar-refractivity contribution in [2.75, 3.05) is 0 Å². The number of carbonyl (C=O) groups excluding carboxylic acids is 1. The van der Waals surface area contributed by atoms with Crippen LogP contribution in [0, 0.1) is 0 Å². The summed E-state index contributed by atoms with van der Waals surface area (Å²) in [6.07, 6.45) is 6.17. The van der Waals surface area contributed by atoms with Crippen LogP contribution in [-0.4, -0.2) is 21.6 Å². The normalized spacial score (nSPS) is 12.7. The van der Waals surface area contributed by atoms with Crippen LogP contribution < -0.4 is 5.73 Å². The summed E-state index contributed by atoms with van der Waals surface area (Å²) in [5.74, 6) is 0.00292. The second-order valence-corrected chi connectivity index (χ2v) is 3.70. The van der Waals surface area contributed by atoms with E-state index in [4.69, 9.17) is 5.73 Å². The average molecular weight is 209 g/mol. The lowest BCUT2D eigenvalue weighted by molar-refractivity contribution is 0.0956. The molecule has 1 unspecified atom stereocenters. The predicted octanol–water partition coefficient (Wildman–Crippen LogP) is 1.60. The Hall–Kier alpha value is -1.16. The first kappa shape index (κ1) is 11.9. The molecule has 0 aliphatic rings. The van der Waals surface area contributed by atoms with E-state index in [1.54, 1.807) is 17.1 Å². The molecule has 1 aromatic rings. The van der Waals surface area contributed by atoms with E-state index in [0.29, 0.717) is 5.56 Å². The highest BCUT2D eigenvalue weighted by atomic mass is 16.1. The highest BCUT2D eigenvalue weighted by molar-refractivity contribution is 5.99. The molecular weight excluding hydrogens is 190 g/mol. The molecule has 1 atom stereocenters. The Bertz CT molecular complexity index is 319. The third-order valence-corrected chi connectivity index (χ3v) is 2.45. The minimum Gasteiger partial charge on any atom is -0.321 e. The number of aromatic nitrogens is 2. The van der Waals surface area contributed by atoms with Crippen LogP contribution in [0.15, 0.2) is 12.4 Å². The lowest BCUT2D eigenvalue weighted by atomic mass is 10.0. The first-order chi connectivity index (χ1) is 7.19. The summed E-state index contributed by atoms with van der Waals surface area (Å²) < 4.78 is 1.74. The Kier molecular flexibility index (Phi) is 4.49. The van der Waals surface area contributed by atoms with E-state index in [1.807, 2.05) is 6.92 Å². The molecule has 0 saturated heterocycles.